The molecule has 19 heavy (non-hydrogen) atoms. The third kappa shape index (κ3) is 2.93. The number of benzene rings is 2. The molecule has 1 amide bonds. The number of amides is 1. The highest BCUT2D eigenvalue weighted by Crippen LogP contribution is 2.22. The number of nitrogens with zero attached hydrogens (tertiary/aromatic N) is 1. The zero-order chi connectivity index (χ0) is 14.0. The standard InChI is InChI=1S/C14H12BrFN2O/c1-18(11-5-3-10(16)4-6-11)14(19)12-7-2-9(15)8-13(12)17/h2-8H,17H2,1H3. The zero-order valence-electron chi connectivity index (χ0n) is 10.2. The van der Waals surface area contributed by atoms with Crippen LogP contribution in [0.2, 0.25) is 0 Å². The van der Waals surface area contributed by atoms with Gasteiger partial charge in [0.1, 0.15) is 5.82 Å². The van der Waals surface area contributed by atoms with E-state index in [0.717, 1.165) is 4.47 Å². The maximum Gasteiger partial charge on any atom is 0.260 e. The molecule has 0 aliphatic heterocycles. The van der Waals surface area contributed by atoms with Gasteiger partial charge in [0.25, 0.3) is 5.91 Å². The van der Waals surface area contributed by atoms with Crippen LogP contribution in [-0.4, -0.2) is 13.0 Å². The fourth-order valence-corrected chi connectivity index (χ4v) is 2.07. The van der Waals surface area contributed by atoms with Crippen LogP contribution in [0.3, 0.4) is 0 Å². The number of carbonyl (C=O) groups is 1. The van der Waals surface area contributed by atoms with Crippen molar-refractivity contribution in [3.05, 3.63) is 58.3 Å². The molecule has 2 N–H and O–H groups in total. The number of halogens is 2. The lowest BCUT2D eigenvalue weighted by atomic mass is 10.1. The average Bonchev–Trinajstić information content (AvgIpc) is 2.38. The molecule has 3 nitrogen and oxygen atoms in total. The van der Waals surface area contributed by atoms with E-state index in [1.165, 1.54) is 17.0 Å². The molecule has 0 aliphatic carbocycles. The smallest absolute Gasteiger partial charge is 0.260 e. The van der Waals surface area contributed by atoms with E-state index in [4.69, 9.17) is 5.73 Å². The van der Waals surface area contributed by atoms with Crippen molar-refractivity contribution in [1.29, 1.82) is 0 Å². The molecule has 0 radical (unpaired) electrons. The van der Waals surface area contributed by atoms with Crippen molar-refractivity contribution in [2.24, 2.45) is 0 Å². The molecule has 0 aromatic heterocycles. The summed E-state index contributed by atoms with van der Waals surface area (Å²) in [6, 6.07) is 10.8. The zero-order valence-corrected chi connectivity index (χ0v) is 11.8. The molecule has 98 valence electrons. The maximum absolute atomic E-state index is 12.9. The fraction of sp³-hybridized carbons (Fsp3) is 0.0714. The minimum atomic E-state index is -0.340. The van der Waals surface area contributed by atoms with Crippen molar-refractivity contribution in [2.45, 2.75) is 0 Å². The Morgan fingerprint density at radius 3 is 2.42 bits per heavy atom. The SMILES string of the molecule is CN(C(=O)c1ccc(Br)cc1N)c1ccc(F)cc1. The molecule has 5 heteroatoms. The highest BCUT2D eigenvalue weighted by atomic mass is 79.9. The number of nitrogen functional groups attached to an aromatic ring is 1. The van der Waals surface area contributed by atoms with Gasteiger partial charge >= 0.3 is 0 Å². The summed E-state index contributed by atoms with van der Waals surface area (Å²) in [6.45, 7) is 0. The third-order valence-electron chi connectivity index (χ3n) is 2.76. The summed E-state index contributed by atoms with van der Waals surface area (Å²) >= 11 is 3.29. The summed E-state index contributed by atoms with van der Waals surface area (Å²) in [5.74, 6) is -0.579. The Bertz CT molecular complexity index is 613. The van der Waals surface area contributed by atoms with Crippen LogP contribution in [0.1, 0.15) is 10.4 Å². The maximum atomic E-state index is 12.9. The van der Waals surface area contributed by atoms with Gasteiger partial charge < -0.3 is 10.6 Å². The first kappa shape index (κ1) is 13.5. The molecular weight excluding hydrogens is 311 g/mol. The molecule has 0 atom stereocenters. The van der Waals surface area contributed by atoms with Crippen molar-refractivity contribution >= 4 is 33.2 Å². The van der Waals surface area contributed by atoms with Crippen molar-refractivity contribution in [1.82, 2.24) is 0 Å². The van der Waals surface area contributed by atoms with Crippen LogP contribution >= 0.6 is 15.9 Å². The Kier molecular flexibility index (Phi) is 3.85. The van der Waals surface area contributed by atoms with Crippen LogP contribution in [0.4, 0.5) is 15.8 Å². The van der Waals surface area contributed by atoms with Gasteiger partial charge in [-0.05, 0) is 42.5 Å². The molecule has 0 heterocycles. The van der Waals surface area contributed by atoms with Gasteiger partial charge in [-0.2, -0.15) is 0 Å². The average molecular weight is 323 g/mol. The Labute approximate surface area is 119 Å². The second-order valence-corrected chi connectivity index (χ2v) is 4.99. The van der Waals surface area contributed by atoms with E-state index in [9.17, 15) is 9.18 Å². The minimum Gasteiger partial charge on any atom is -0.398 e. The van der Waals surface area contributed by atoms with Gasteiger partial charge in [-0.3, -0.25) is 4.79 Å². The number of nitrogens with two attached hydrogens (primary N) is 1. The number of hydrogen-bond acceptors (Lipinski definition) is 2. The van der Waals surface area contributed by atoms with E-state index < -0.39 is 0 Å². The van der Waals surface area contributed by atoms with E-state index in [-0.39, 0.29) is 11.7 Å². The van der Waals surface area contributed by atoms with Gasteiger partial charge in [-0.25, -0.2) is 4.39 Å². The van der Waals surface area contributed by atoms with Crippen molar-refractivity contribution < 1.29 is 9.18 Å². The van der Waals surface area contributed by atoms with Gasteiger partial charge in [0.05, 0.1) is 5.56 Å². The highest BCUT2D eigenvalue weighted by molar-refractivity contribution is 9.10. The molecule has 2 aromatic carbocycles. The quantitative estimate of drug-likeness (QED) is 0.861. The summed E-state index contributed by atoms with van der Waals surface area (Å²) in [7, 11) is 1.62. The summed E-state index contributed by atoms with van der Waals surface area (Å²) in [6.07, 6.45) is 0. The molecule has 0 unspecified atom stereocenters. The van der Waals surface area contributed by atoms with Gasteiger partial charge in [0.15, 0.2) is 0 Å². The Hall–Kier alpha value is -1.88. The lowest BCUT2D eigenvalue weighted by Gasteiger charge is -2.18. The minimum absolute atomic E-state index is 0.239. The van der Waals surface area contributed by atoms with Crippen LogP contribution in [-0.2, 0) is 0 Å². The van der Waals surface area contributed by atoms with E-state index >= 15 is 0 Å². The Morgan fingerprint density at radius 2 is 1.84 bits per heavy atom. The first-order chi connectivity index (χ1) is 8.99. The van der Waals surface area contributed by atoms with Gasteiger partial charge in [0, 0.05) is 22.9 Å². The van der Waals surface area contributed by atoms with Gasteiger partial charge in [0.2, 0.25) is 0 Å². The van der Waals surface area contributed by atoms with E-state index in [0.29, 0.717) is 16.9 Å². The number of carbonyl (C=O) groups excluding carboxylic acids is 1. The van der Waals surface area contributed by atoms with Crippen LogP contribution in [0.15, 0.2) is 46.9 Å². The largest absolute Gasteiger partial charge is 0.398 e. The Morgan fingerprint density at radius 1 is 1.21 bits per heavy atom. The fourth-order valence-electron chi connectivity index (χ4n) is 1.69. The summed E-state index contributed by atoms with van der Waals surface area (Å²) in [5.41, 5.74) is 7.24. The molecule has 0 spiro atoms. The van der Waals surface area contributed by atoms with Crippen LogP contribution in [0, 0.1) is 5.82 Å². The molecule has 2 aromatic rings. The van der Waals surface area contributed by atoms with Crippen LogP contribution in [0.25, 0.3) is 0 Å². The predicted octanol–water partition coefficient (Wildman–Crippen LogP) is 3.45. The summed E-state index contributed by atoms with van der Waals surface area (Å²) in [5, 5.41) is 0. The molecule has 2 rings (SSSR count). The van der Waals surface area contributed by atoms with Crippen LogP contribution in [0.5, 0.6) is 0 Å². The normalized spacial score (nSPS) is 10.3. The van der Waals surface area contributed by atoms with Crippen molar-refractivity contribution in [2.75, 3.05) is 17.7 Å². The van der Waals surface area contributed by atoms with Crippen molar-refractivity contribution in [3.63, 3.8) is 0 Å². The first-order valence-corrected chi connectivity index (χ1v) is 6.37. The van der Waals surface area contributed by atoms with E-state index in [2.05, 4.69) is 15.9 Å². The third-order valence-corrected chi connectivity index (χ3v) is 3.26. The number of rotatable bonds is 2. The lowest BCUT2D eigenvalue weighted by molar-refractivity contribution is 0.0994. The Balaban J connectivity index is 2.30. The second kappa shape index (κ2) is 5.40. The molecule has 0 saturated carbocycles. The predicted molar refractivity (Wildman–Crippen MR) is 77.7 cm³/mol. The monoisotopic (exact) mass is 322 g/mol. The van der Waals surface area contributed by atoms with Crippen LogP contribution < -0.4 is 10.6 Å². The molecule has 0 fully saturated rings. The molecule has 0 saturated heterocycles. The topological polar surface area (TPSA) is 46.3 Å². The summed E-state index contributed by atoms with van der Waals surface area (Å²) < 4.78 is 13.7. The number of anilines is 2. The molecular formula is C14H12BrFN2O. The van der Waals surface area contributed by atoms with E-state index in [1.807, 2.05) is 0 Å². The molecule has 0 bridgehead atoms. The van der Waals surface area contributed by atoms with E-state index in [1.54, 1.807) is 37.4 Å². The van der Waals surface area contributed by atoms with Crippen molar-refractivity contribution in [3.8, 4) is 0 Å². The lowest BCUT2D eigenvalue weighted by Crippen LogP contribution is -2.27. The summed E-state index contributed by atoms with van der Waals surface area (Å²) in [4.78, 5) is 13.7. The highest BCUT2D eigenvalue weighted by Gasteiger charge is 2.16. The first-order valence-electron chi connectivity index (χ1n) is 5.57. The number of hydrogen-bond donors (Lipinski definition) is 1. The van der Waals surface area contributed by atoms with Gasteiger partial charge in [-0.15, -0.1) is 0 Å². The van der Waals surface area contributed by atoms with Gasteiger partial charge in [-0.1, -0.05) is 15.9 Å². The second-order valence-electron chi connectivity index (χ2n) is 4.07. The molecule has 0 aliphatic rings.